The number of para-hydroxylation sites is 1. The summed E-state index contributed by atoms with van der Waals surface area (Å²) in [6, 6.07) is 4.97. The van der Waals surface area contributed by atoms with E-state index in [1.54, 1.807) is 0 Å². The predicted molar refractivity (Wildman–Crippen MR) is 75.2 cm³/mol. The lowest BCUT2D eigenvalue weighted by atomic mass is 10.2. The smallest absolute Gasteiger partial charge is 0.417 e. The molecule has 0 spiro atoms. The van der Waals surface area contributed by atoms with E-state index in [-0.39, 0.29) is 27.9 Å². The standard InChI is InChI=1S/C13H9ClF3N3O2/c14-9-4-8(13(15,16)17)6-18-12(9)20-19-5-7-2-1-3-10(21)11(7)22/h1-6,21-22H,(H,18,20)/b19-5+. The molecule has 1 heterocycles. The summed E-state index contributed by atoms with van der Waals surface area (Å²) in [4.78, 5) is 3.53. The van der Waals surface area contributed by atoms with Crippen molar-refractivity contribution in [1.82, 2.24) is 4.98 Å². The molecule has 0 radical (unpaired) electrons. The molecule has 0 fully saturated rings. The number of nitrogens with one attached hydrogen (secondary N) is 1. The fraction of sp³-hybridized carbons (Fsp3) is 0.0769. The molecule has 0 saturated heterocycles. The first kappa shape index (κ1) is 15.9. The van der Waals surface area contributed by atoms with E-state index in [4.69, 9.17) is 11.6 Å². The minimum absolute atomic E-state index is 0.0782. The molecule has 22 heavy (non-hydrogen) atoms. The molecule has 0 aliphatic carbocycles. The maximum atomic E-state index is 12.5. The average Bonchev–Trinajstić information content (AvgIpc) is 2.44. The lowest BCUT2D eigenvalue weighted by Crippen LogP contribution is -2.06. The van der Waals surface area contributed by atoms with Gasteiger partial charge in [-0.05, 0) is 18.2 Å². The minimum Gasteiger partial charge on any atom is -0.504 e. The number of benzene rings is 1. The van der Waals surface area contributed by atoms with Crippen molar-refractivity contribution in [3.05, 3.63) is 46.6 Å². The van der Waals surface area contributed by atoms with Gasteiger partial charge in [0.1, 0.15) is 0 Å². The van der Waals surface area contributed by atoms with E-state index in [1.165, 1.54) is 18.2 Å². The number of hydrogen-bond donors (Lipinski definition) is 3. The Hall–Kier alpha value is -2.48. The molecule has 2 rings (SSSR count). The van der Waals surface area contributed by atoms with Crippen molar-refractivity contribution in [3.63, 3.8) is 0 Å². The summed E-state index contributed by atoms with van der Waals surface area (Å²) in [6.07, 6.45) is -2.76. The summed E-state index contributed by atoms with van der Waals surface area (Å²) in [5.74, 6) is -0.778. The highest BCUT2D eigenvalue weighted by Crippen LogP contribution is 2.32. The van der Waals surface area contributed by atoms with Gasteiger partial charge in [0.05, 0.1) is 16.8 Å². The van der Waals surface area contributed by atoms with E-state index in [0.29, 0.717) is 6.20 Å². The second-order valence-corrected chi connectivity index (χ2v) is 4.54. The minimum atomic E-state index is -4.54. The lowest BCUT2D eigenvalue weighted by molar-refractivity contribution is -0.137. The normalized spacial score (nSPS) is 11.8. The average molecular weight is 332 g/mol. The molecule has 0 aliphatic heterocycles. The molecular formula is C13H9ClF3N3O2. The number of alkyl halides is 3. The molecule has 2 aromatic rings. The lowest BCUT2D eigenvalue weighted by Gasteiger charge is -2.08. The van der Waals surface area contributed by atoms with Crippen molar-refractivity contribution in [2.75, 3.05) is 5.43 Å². The van der Waals surface area contributed by atoms with Gasteiger partial charge in [-0.15, -0.1) is 0 Å². The first-order chi connectivity index (χ1) is 10.3. The molecule has 0 saturated carbocycles. The monoisotopic (exact) mass is 331 g/mol. The Morgan fingerprint density at radius 1 is 1.27 bits per heavy atom. The highest BCUT2D eigenvalue weighted by molar-refractivity contribution is 6.32. The van der Waals surface area contributed by atoms with Crippen molar-refractivity contribution in [1.29, 1.82) is 0 Å². The van der Waals surface area contributed by atoms with Crippen LogP contribution >= 0.6 is 11.6 Å². The van der Waals surface area contributed by atoms with Crippen LogP contribution in [0.5, 0.6) is 11.5 Å². The quantitative estimate of drug-likeness (QED) is 0.456. The second-order valence-electron chi connectivity index (χ2n) is 4.14. The molecule has 116 valence electrons. The Morgan fingerprint density at radius 3 is 2.64 bits per heavy atom. The molecule has 3 N–H and O–H groups in total. The van der Waals surface area contributed by atoms with Crippen molar-refractivity contribution >= 4 is 23.6 Å². The summed E-state index contributed by atoms with van der Waals surface area (Å²) in [7, 11) is 0. The number of halogens is 4. The van der Waals surface area contributed by atoms with Crippen LogP contribution in [-0.2, 0) is 6.18 Å². The van der Waals surface area contributed by atoms with Crippen LogP contribution in [0.1, 0.15) is 11.1 Å². The van der Waals surface area contributed by atoms with Gasteiger partial charge in [-0.2, -0.15) is 18.3 Å². The van der Waals surface area contributed by atoms with Gasteiger partial charge in [-0.3, -0.25) is 5.43 Å². The second kappa shape index (κ2) is 6.10. The number of nitrogens with zero attached hydrogens (tertiary/aromatic N) is 2. The number of hydrogen-bond acceptors (Lipinski definition) is 5. The Morgan fingerprint density at radius 2 is 2.00 bits per heavy atom. The van der Waals surface area contributed by atoms with Crippen LogP contribution in [0.25, 0.3) is 0 Å². The van der Waals surface area contributed by atoms with Gasteiger partial charge >= 0.3 is 6.18 Å². The highest BCUT2D eigenvalue weighted by atomic mass is 35.5. The first-order valence-corrected chi connectivity index (χ1v) is 6.19. The van der Waals surface area contributed by atoms with Crippen LogP contribution in [0, 0.1) is 0 Å². The zero-order valence-electron chi connectivity index (χ0n) is 10.8. The third kappa shape index (κ3) is 3.59. The van der Waals surface area contributed by atoms with Crippen LogP contribution in [0.3, 0.4) is 0 Å². The molecule has 0 amide bonds. The predicted octanol–water partition coefficient (Wildman–Crippen LogP) is 3.61. The van der Waals surface area contributed by atoms with E-state index in [9.17, 15) is 23.4 Å². The zero-order valence-corrected chi connectivity index (χ0v) is 11.5. The van der Waals surface area contributed by atoms with E-state index in [0.717, 1.165) is 12.3 Å². The first-order valence-electron chi connectivity index (χ1n) is 5.82. The molecular weight excluding hydrogens is 323 g/mol. The van der Waals surface area contributed by atoms with Gasteiger partial charge in [0, 0.05) is 11.8 Å². The summed E-state index contributed by atoms with van der Waals surface area (Å²) in [6.45, 7) is 0. The maximum Gasteiger partial charge on any atom is 0.417 e. The molecule has 0 unspecified atom stereocenters. The largest absolute Gasteiger partial charge is 0.504 e. The van der Waals surface area contributed by atoms with Crippen LogP contribution in [0.4, 0.5) is 19.0 Å². The van der Waals surface area contributed by atoms with Crippen molar-refractivity contribution < 1.29 is 23.4 Å². The number of rotatable bonds is 3. The van der Waals surface area contributed by atoms with Gasteiger partial charge in [-0.25, -0.2) is 4.98 Å². The molecule has 0 atom stereocenters. The van der Waals surface area contributed by atoms with Crippen LogP contribution in [0.15, 0.2) is 35.6 Å². The molecule has 1 aromatic carbocycles. The van der Waals surface area contributed by atoms with Gasteiger partial charge in [-0.1, -0.05) is 17.7 Å². The van der Waals surface area contributed by atoms with Crippen molar-refractivity contribution in [3.8, 4) is 11.5 Å². The van der Waals surface area contributed by atoms with Crippen LogP contribution in [-0.4, -0.2) is 21.4 Å². The molecule has 5 nitrogen and oxygen atoms in total. The number of hydrazone groups is 1. The molecule has 1 aromatic heterocycles. The topological polar surface area (TPSA) is 77.7 Å². The number of anilines is 1. The van der Waals surface area contributed by atoms with E-state index < -0.39 is 11.7 Å². The van der Waals surface area contributed by atoms with Gasteiger partial charge < -0.3 is 10.2 Å². The summed E-state index contributed by atoms with van der Waals surface area (Å²) < 4.78 is 37.4. The zero-order chi connectivity index (χ0) is 16.3. The van der Waals surface area contributed by atoms with Crippen molar-refractivity contribution in [2.45, 2.75) is 6.18 Å². The fourth-order valence-electron chi connectivity index (χ4n) is 1.49. The fourth-order valence-corrected chi connectivity index (χ4v) is 1.70. The summed E-state index contributed by atoms with van der Waals surface area (Å²) in [5, 5.41) is 22.3. The Balaban J connectivity index is 2.15. The third-order valence-corrected chi connectivity index (χ3v) is 2.88. The van der Waals surface area contributed by atoms with Gasteiger partial charge in [0.2, 0.25) is 0 Å². The van der Waals surface area contributed by atoms with E-state index in [2.05, 4.69) is 15.5 Å². The highest BCUT2D eigenvalue weighted by Gasteiger charge is 2.31. The number of phenols is 2. The number of pyridine rings is 1. The molecule has 0 bridgehead atoms. The maximum absolute atomic E-state index is 12.5. The number of aromatic nitrogens is 1. The van der Waals surface area contributed by atoms with E-state index >= 15 is 0 Å². The van der Waals surface area contributed by atoms with Gasteiger partial charge in [0.25, 0.3) is 0 Å². The number of phenolic OH excluding ortho intramolecular Hbond substituents is 2. The third-order valence-electron chi connectivity index (χ3n) is 2.59. The number of aromatic hydroxyl groups is 2. The molecule has 9 heteroatoms. The van der Waals surface area contributed by atoms with Crippen LogP contribution < -0.4 is 5.43 Å². The Kier molecular flexibility index (Phi) is 4.41. The van der Waals surface area contributed by atoms with Gasteiger partial charge in [0.15, 0.2) is 17.3 Å². The Bertz CT molecular complexity index is 720. The SMILES string of the molecule is Oc1cccc(/C=N/Nc2ncc(C(F)(F)F)cc2Cl)c1O. The Labute approximate surface area is 127 Å². The molecule has 0 aliphatic rings. The van der Waals surface area contributed by atoms with Crippen LogP contribution in [0.2, 0.25) is 5.02 Å². The summed E-state index contributed by atoms with van der Waals surface area (Å²) >= 11 is 5.69. The van der Waals surface area contributed by atoms with Crippen molar-refractivity contribution in [2.24, 2.45) is 5.10 Å². The summed E-state index contributed by atoms with van der Waals surface area (Å²) in [5.41, 5.74) is 1.58. The van der Waals surface area contributed by atoms with E-state index in [1.807, 2.05) is 0 Å².